The number of halogens is 1. The fourth-order valence-corrected chi connectivity index (χ4v) is 1.48. The van der Waals surface area contributed by atoms with Crippen LogP contribution in [0.4, 0.5) is 4.39 Å². The van der Waals surface area contributed by atoms with Gasteiger partial charge in [0.05, 0.1) is 5.69 Å². The molecule has 82 valence electrons. The van der Waals surface area contributed by atoms with Crippen molar-refractivity contribution >= 4 is 0 Å². The molecule has 0 spiro atoms. The summed E-state index contributed by atoms with van der Waals surface area (Å²) in [7, 11) is 0. The second-order valence-electron chi connectivity index (χ2n) is 3.68. The number of aromatic amines is 1. The van der Waals surface area contributed by atoms with Gasteiger partial charge in [0, 0.05) is 11.6 Å². The average Bonchev–Trinajstić information content (AvgIpc) is 2.20. The van der Waals surface area contributed by atoms with E-state index in [9.17, 15) is 9.18 Å². The number of hydrogen-bond donors (Lipinski definition) is 1. The lowest BCUT2D eigenvalue weighted by Crippen LogP contribution is -2.08. The lowest BCUT2D eigenvalue weighted by Gasteiger charge is -2.03. The second-order valence-corrected chi connectivity index (χ2v) is 3.68. The standard InChI is InChI=1S/C12H11FN2O/c1-7-3-4-9(5-10(7)13)11-6-12(16)15-8(2)14-11/h3-6H,1-2H3,(H,14,15,16). The van der Waals surface area contributed by atoms with Gasteiger partial charge in [-0.25, -0.2) is 9.37 Å². The fraction of sp³-hybridized carbons (Fsp3) is 0.167. The molecule has 0 aliphatic rings. The first-order chi connectivity index (χ1) is 7.56. The number of benzene rings is 1. The summed E-state index contributed by atoms with van der Waals surface area (Å²) in [6.45, 7) is 3.38. The van der Waals surface area contributed by atoms with Crippen LogP contribution in [0.15, 0.2) is 29.1 Å². The number of aromatic nitrogens is 2. The van der Waals surface area contributed by atoms with Crippen LogP contribution >= 0.6 is 0 Å². The molecule has 1 heterocycles. The van der Waals surface area contributed by atoms with E-state index in [4.69, 9.17) is 0 Å². The summed E-state index contributed by atoms with van der Waals surface area (Å²) in [5, 5.41) is 0. The number of H-pyrrole nitrogens is 1. The first-order valence-corrected chi connectivity index (χ1v) is 4.91. The largest absolute Gasteiger partial charge is 0.311 e. The lowest BCUT2D eigenvalue weighted by molar-refractivity contribution is 0.619. The highest BCUT2D eigenvalue weighted by Gasteiger charge is 2.04. The van der Waals surface area contributed by atoms with Crippen molar-refractivity contribution in [2.24, 2.45) is 0 Å². The normalized spacial score (nSPS) is 10.4. The van der Waals surface area contributed by atoms with Gasteiger partial charge in [-0.3, -0.25) is 4.79 Å². The first kappa shape index (κ1) is 10.5. The highest BCUT2D eigenvalue weighted by Crippen LogP contribution is 2.18. The van der Waals surface area contributed by atoms with Crippen molar-refractivity contribution in [2.75, 3.05) is 0 Å². The molecule has 0 saturated carbocycles. The summed E-state index contributed by atoms with van der Waals surface area (Å²) in [5.74, 6) is 0.223. The summed E-state index contributed by atoms with van der Waals surface area (Å²) < 4.78 is 13.4. The summed E-state index contributed by atoms with van der Waals surface area (Å²) >= 11 is 0. The fourth-order valence-electron chi connectivity index (χ4n) is 1.48. The third-order valence-electron chi connectivity index (χ3n) is 2.33. The number of aryl methyl sites for hydroxylation is 2. The zero-order valence-electron chi connectivity index (χ0n) is 9.04. The first-order valence-electron chi connectivity index (χ1n) is 4.91. The highest BCUT2D eigenvalue weighted by atomic mass is 19.1. The van der Waals surface area contributed by atoms with E-state index < -0.39 is 0 Å². The molecule has 0 amide bonds. The molecule has 0 bridgehead atoms. The zero-order chi connectivity index (χ0) is 11.7. The van der Waals surface area contributed by atoms with Gasteiger partial charge < -0.3 is 4.98 Å². The number of nitrogens with zero attached hydrogens (tertiary/aromatic N) is 1. The van der Waals surface area contributed by atoms with Crippen molar-refractivity contribution in [2.45, 2.75) is 13.8 Å². The van der Waals surface area contributed by atoms with E-state index in [1.165, 1.54) is 12.1 Å². The predicted molar refractivity (Wildman–Crippen MR) is 59.7 cm³/mol. The molecule has 2 aromatic rings. The predicted octanol–water partition coefficient (Wildman–Crippen LogP) is 2.19. The molecule has 1 aromatic carbocycles. The molecular formula is C12H11FN2O. The maximum atomic E-state index is 13.4. The minimum Gasteiger partial charge on any atom is -0.311 e. The second kappa shape index (κ2) is 3.89. The van der Waals surface area contributed by atoms with E-state index in [0.717, 1.165) is 0 Å². The molecule has 16 heavy (non-hydrogen) atoms. The third kappa shape index (κ3) is 2.00. The average molecular weight is 218 g/mol. The van der Waals surface area contributed by atoms with E-state index in [0.29, 0.717) is 22.6 Å². The van der Waals surface area contributed by atoms with Crippen LogP contribution in [-0.2, 0) is 0 Å². The van der Waals surface area contributed by atoms with Crippen molar-refractivity contribution in [1.29, 1.82) is 0 Å². The van der Waals surface area contributed by atoms with E-state index in [1.54, 1.807) is 26.0 Å². The molecule has 0 saturated heterocycles. The Balaban J connectivity index is 2.58. The molecule has 2 rings (SSSR count). The van der Waals surface area contributed by atoms with Gasteiger partial charge in [0.15, 0.2) is 0 Å². The van der Waals surface area contributed by atoms with Gasteiger partial charge in [-0.15, -0.1) is 0 Å². The van der Waals surface area contributed by atoms with Crippen LogP contribution in [0.1, 0.15) is 11.4 Å². The summed E-state index contributed by atoms with van der Waals surface area (Å²) in [6.07, 6.45) is 0. The van der Waals surface area contributed by atoms with Crippen molar-refractivity contribution in [3.8, 4) is 11.3 Å². The number of hydrogen-bond acceptors (Lipinski definition) is 2. The van der Waals surface area contributed by atoms with Crippen LogP contribution in [0.5, 0.6) is 0 Å². The van der Waals surface area contributed by atoms with Crippen LogP contribution < -0.4 is 5.56 Å². The van der Waals surface area contributed by atoms with Gasteiger partial charge in [-0.1, -0.05) is 12.1 Å². The van der Waals surface area contributed by atoms with E-state index in [-0.39, 0.29) is 11.4 Å². The Kier molecular flexibility index (Phi) is 2.56. The van der Waals surface area contributed by atoms with E-state index >= 15 is 0 Å². The summed E-state index contributed by atoms with van der Waals surface area (Å²) in [6, 6.07) is 6.16. The molecular weight excluding hydrogens is 207 g/mol. The maximum absolute atomic E-state index is 13.4. The van der Waals surface area contributed by atoms with Crippen LogP contribution in [0.2, 0.25) is 0 Å². The molecule has 0 aliphatic heterocycles. The quantitative estimate of drug-likeness (QED) is 0.797. The van der Waals surface area contributed by atoms with Crippen molar-refractivity contribution < 1.29 is 4.39 Å². The van der Waals surface area contributed by atoms with Gasteiger partial charge >= 0.3 is 0 Å². The van der Waals surface area contributed by atoms with Crippen LogP contribution in [0.3, 0.4) is 0 Å². The molecule has 3 nitrogen and oxygen atoms in total. The lowest BCUT2D eigenvalue weighted by atomic mass is 10.1. The Bertz CT molecular complexity index is 590. The minimum absolute atomic E-state index is 0.233. The topological polar surface area (TPSA) is 45.8 Å². The molecule has 1 N–H and O–H groups in total. The van der Waals surface area contributed by atoms with Gasteiger partial charge in [0.1, 0.15) is 11.6 Å². The highest BCUT2D eigenvalue weighted by molar-refractivity contribution is 5.59. The molecule has 0 aliphatic carbocycles. The Hall–Kier alpha value is -1.97. The Morgan fingerprint density at radius 1 is 1.25 bits per heavy atom. The van der Waals surface area contributed by atoms with Gasteiger partial charge in [-0.05, 0) is 25.5 Å². The molecule has 1 aromatic heterocycles. The Labute approximate surface area is 92.0 Å². The number of nitrogens with one attached hydrogen (secondary N) is 1. The van der Waals surface area contributed by atoms with Gasteiger partial charge in [0.25, 0.3) is 5.56 Å². The molecule has 0 fully saturated rings. The SMILES string of the molecule is Cc1nc(-c2ccc(C)c(F)c2)cc(=O)[nH]1. The monoisotopic (exact) mass is 218 g/mol. The van der Waals surface area contributed by atoms with Gasteiger partial charge in [-0.2, -0.15) is 0 Å². The Morgan fingerprint density at radius 2 is 2.00 bits per heavy atom. The van der Waals surface area contributed by atoms with Crippen molar-refractivity contribution in [3.05, 3.63) is 51.8 Å². The third-order valence-corrected chi connectivity index (χ3v) is 2.33. The maximum Gasteiger partial charge on any atom is 0.251 e. The van der Waals surface area contributed by atoms with Crippen molar-refractivity contribution in [1.82, 2.24) is 9.97 Å². The van der Waals surface area contributed by atoms with Crippen LogP contribution in [-0.4, -0.2) is 9.97 Å². The van der Waals surface area contributed by atoms with Crippen LogP contribution in [0, 0.1) is 19.7 Å². The van der Waals surface area contributed by atoms with Crippen LogP contribution in [0.25, 0.3) is 11.3 Å². The number of rotatable bonds is 1. The zero-order valence-corrected chi connectivity index (χ0v) is 9.04. The smallest absolute Gasteiger partial charge is 0.251 e. The van der Waals surface area contributed by atoms with Gasteiger partial charge in [0.2, 0.25) is 0 Å². The molecule has 0 unspecified atom stereocenters. The minimum atomic E-state index is -0.294. The summed E-state index contributed by atoms with van der Waals surface area (Å²) in [4.78, 5) is 17.9. The molecule has 4 heteroatoms. The van der Waals surface area contributed by atoms with Crippen molar-refractivity contribution in [3.63, 3.8) is 0 Å². The molecule has 0 radical (unpaired) electrons. The van der Waals surface area contributed by atoms with E-state index in [1.807, 2.05) is 0 Å². The summed E-state index contributed by atoms with van der Waals surface area (Å²) in [5.41, 5.74) is 1.44. The van der Waals surface area contributed by atoms with E-state index in [2.05, 4.69) is 9.97 Å². The molecule has 0 atom stereocenters. The Morgan fingerprint density at radius 3 is 2.62 bits per heavy atom.